The number of hydrogen-bond donors (Lipinski definition) is 0. The molecule has 0 unspecified atom stereocenters. The van der Waals surface area contributed by atoms with Crippen molar-refractivity contribution >= 4 is 5.78 Å². The Morgan fingerprint density at radius 1 is 0.962 bits per heavy atom. The van der Waals surface area contributed by atoms with Gasteiger partial charge in [0, 0.05) is 11.1 Å². The Morgan fingerprint density at radius 2 is 1.65 bits per heavy atom. The van der Waals surface area contributed by atoms with Crippen molar-refractivity contribution in [2.24, 2.45) is 5.92 Å². The molecule has 0 aliphatic heterocycles. The molecule has 0 atom stereocenters. The van der Waals surface area contributed by atoms with Crippen molar-refractivity contribution in [2.75, 3.05) is 6.61 Å². The van der Waals surface area contributed by atoms with Gasteiger partial charge in [0.25, 0.3) is 0 Å². The van der Waals surface area contributed by atoms with Crippen LogP contribution in [0.25, 0.3) is 0 Å². The minimum Gasteiger partial charge on any atom is -0.494 e. The number of unbranched alkanes of at least 4 members (excludes halogenated alkanes) is 5. The summed E-state index contributed by atoms with van der Waals surface area (Å²) in [6.45, 7) is 5.35. The second kappa shape index (κ2) is 11.7. The van der Waals surface area contributed by atoms with Crippen LogP contribution in [0.2, 0.25) is 0 Å². The van der Waals surface area contributed by atoms with Crippen LogP contribution < -0.4 is 4.74 Å². The molecule has 0 saturated heterocycles. The molecule has 0 fully saturated rings. The second-order valence-electron chi connectivity index (χ2n) is 7.64. The molecule has 1 aromatic rings. The first-order valence-electron chi connectivity index (χ1n) is 10.3. The zero-order chi connectivity index (χ0) is 18.6. The van der Waals surface area contributed by atoms with Crippen LogP contribution in [0.3, 0.4) is 0 Å². The van der Waals surface area contributed by atoms with E-state index in [2.05, 4.69) is 19.9 Å². The van der Waals surface area contributed by atoms with Crippen molar-refractivity contribution in [1.29, 1.82) is 0 Å². The summed E-state index contributed by atoms with van der Waals surface area (Å²) < 4.78 is 5.81. The molecule has 0 heterocycles. The van der Waals surface area contributed by atoms with Crippen molar-refractivity contribution in [3.8, 4) is 5.75 Å². The van der Waals surface area contributed by atoms with Crippen molar-refractivity contribution in [3.05, 3.63) is 53.6 Å². The smallest absolute Gasteiger partial charge is 0.192 e. The maximum absolute atomic E-state index is 12.4. The fraction of sp³-hybridized carbons (Fsp3) is 0.542. The number of allylic oxidation sites excluding steroid dienone is 4. The van der Waals surface area contributed by atoms with Gasteiger partial charge >= 0.3 is 0 Å². The molecule has 1 aliphatic carbocycles. The summed E-state index contributed by atoms with van der Waals surface area (Å²) in [6.07, 6.45) is 17.1. The highest BCUT2D eigenvalue weighted by Gasteiger charge is 2.11. The van der Waals surface area contributed by atoms with Crippen LogP contribution in [0.1, 0.15) is 82.0 Å². The van der Waals surface area contributed by atoms with Crippen LogP contribution in [-0.2, 0) is 0 Å². The standard InChI is InChI=1S/C24H34O2/c1-20(2)12-8-5-3-4-6-11-19-26-23-17-15-22(16-18-23)24(25)21-13-9-7-10-14-21/h9,13-18,20H,3-8,10-12,19H2,1-2H3. The van der Waals surface area contributed by atoms with Crippen molar-refractivity contribution < 1.29 is 9.53 Å². The fourth-order valence-corrected chi connectivity index (χ4v) is 3.20. The third kappa shape index (κ3) is 7.59. The van der Waals surface area contributed by atoms with Gasteiger partial charge in [0.05, 0.1) is 6.61 Å². The number of rotatable bonds is 12. The van der Waals surface area contributed by atoms with Crippen LogP contribution in [-0.4, -0.2) is 12.4 Å². The summed E-state index contributed by atoms with van der Waals surface area (Å²) in [7, 11) is 0. The second-order valence-corrected chi connectivity index (χ2v) is 7.64. The van der Waals surface area contributed by atoms with Crippen LogP contribution in [0.15, 0.2) is 48.1 Å². The van der Waals surface area contributed by atoms with E-state index in [-0.39, 0.29) is 5.78 Å². The molecule has 0 saturated carbocycles. The molecule has 26 heavy (non-hydrogen) atoms. The van der Waals surface area contributed by atoms with E-state index >= 15 is 0 Å². The highest BCUT2D eigenvalue weighted by atomic mass is 16.5. The lowest BCUT2D eigenvalue weighted by Crippen LogP contribution is -2.03. The number of benzene rings is 1. The molecule has 1 aromatic carbocycles. The largest absolute Gasteiger partial charge is 0.494 e. The Morgan fingerprint density at radius 3 is 2.31 bits per heavy atom. The van der Waals surface area contributed by atoms with E-state index in [1.807, 2.05) is 36.4 Å². The molecule has 142 valence electrons. The molecule has 2 rings (SSSR count). The van der Waals surface area contributed by atoms with Crippen LogP contribution in [0.4, 0.5) is 0 Å². The van der Waals surface area contributed by atoms with Gasteiger partial charge < -0.3 is 4.74 Å². The number of ether oxygens (including phenoxy) is 1. The average molecular weight is 355 g/mol. The Labute approximate surface area is 159 Å². The molecule has 2 heteroatoms. The van der Waals surface area contributed by atoms with Gasteiger partial charge in [-0.05, 0) is 49.4 Å². The van der Waals surface area contributed by atoms with Gasteiger partial charge in [-0.3, -0.25) is 4.79 Å². The summed E-state index contributed by atoms with van der Waals surface area (Å²) in [6, 6.07) is 7.56. The monoisotopic (exact) mass is 354 g/mol. The van der Waals surface area contributed by atoms with E-state index in [9.17, 15) is 4.79 Å². The number of carbonyl (C=O) groups is 1. The predicted octanol–water partition coefficient (Wildman–Crippen LogP) is 6.91. The van der Waals surface area contributed by atoms with Crippen molar-refractivity contribution in [3.63, 3.8) is 0 Å². The molecule has 2 nitrogen and oxygen atoms in total. The van der Waals surface area contributed by atoms with Gasteiger partial charge in [-0.25, -0.2) is 0 Å². The quantitative estimate of drug-likeness (QED) is 0.301. The van der Waals surface area contributed by atoms with Gasteiger partial charge in [0.1, 0.15) is 5.75 Å². The normalized spacial score (nSPS) is 13.7. The highest BCUT2D eigenvalue weighted by Crippen LogP contribution is 2.19. The highest BCUT2D eigenvalue weighted by molar-refractivity contribution is 6.10. The van der Waals surface area contributed by atoms with Gasteiger partial charge in [0.2, 0.25) is 0 Å². The zero-order valence-corrected chi connectivity index (χ0v) is 16.5. The van der Waals surface area contributed by atoms with Gasteiger partial charge in [-0.15, -0.1) is 0 Å². The summed E-state index contributed by atoms with van der Waals surface area (Å²) in [5, 5.41) is 0. The zero-order valence-electron chi connectivity index (χ0n) is 16.5. The number of ketones is 1. The van der Waals surface area contributed by atoms with Gasteiger partial charge in [-0.1, -0.05) is 70.6 Å². The molecule has 0 aromatic heterocycles. The molecular weight excluding hydrogens is 320 g/mol. The maximum atomic E-state index is 12.4. The van der Waals surface area contributed by atoms with E-state index in [1.54, 1.807) is 0 Å². The lowest BCUT2D eigenvalue weighted by molar-refractivity contribution is 0.103. The molecule has 0 radical (unpaired) electrons. The van der Waals surface area contributed by atoms with Gasteiger partial charge in [0.15, 0.2) is 5.78 Å². The third-order valence-corrected chi connectivity index (χ3v) is 4.82. The van der Waals surface area contributed by atoms with E-state index in [4.69, 9.17) is 4.74 Å². The molecule has 0 bridgehead atoms. The molecular formula is C24H34O2. The Bertz CT molecular complexity index is 593. The van der Waals surface area contributed by atoms with Crippen LogP contribution in [0.5, 0.6) is 5.75 Å². The number of carbonyl (C=O) groups excluding carboxylic acids is 1. The first-order chi connectivity index (χ1) is 12.7. The Balaban J connectivity index is 1.60. The van der Waals surface area contributed by atoms with Crippen LogP contribution in [0, 0.1) is 5.92 Å². The van der Waals surface area contributed by atoms with Gasteiger partial charge in [-0.2, -0.15) is 0 Å². The summed E-state index contributed by atoms with van der Waals surface area (Å²) in [5.41, 5.74) is 1.54. The van der Waals surface area contributed by atoms with E-state index in [1.165, 1.54) is 38.5 Å². The summed E-state index contributed by atoms with van der Waals surface area (Å²) in [5.74, 6) is 1.79. The first-order valence-corrected chi connectivity index (χ1v) is 10.3. The van der Waals surface area contributed by atoms with E-state index in [0.29, 0.717) is 0 Å². The lowest BCUT2D eigenvalue weighted by atomic mass is 9.98. The van der Waals surface area contributed by atoms with E-state index in [0.717, 1.165) is 48.7 Å². The van der Waals surface area contributed by atoms with Crippen molar-refractivity contribution in [2.45, 2.75) is 71.6 Å². The first kappa shape index (κ1) is 20.5. The number of hydrogen-bond acceptors (Lipinski definition) is 2. The molecule has 0 N–H and O–H groups in total. The summed E-state index contributed by atoms with van der Waals surface area (Å²) >= 11 is 0. The summed E-state index contributed by atoms with van der Waals surface area (Å²) in [4.78, 5) is 12.4. The third-order valence-electron chi connectivity index (χ3n) is 4.82. The minimum atomic E-state index is 0.102. The Hall–Kier alpha value is -1.83. The SMILES string of the molecule is CC(C)CCCCCCCCOc1ccc(C(=O)C2=CCCC=C2)cc1. The predicted molar refractivity (Wildman–Crippen MR) is 110 cm³/mol. The number of Topliss-reactive ketones (excluding diaryl/α,β-unsaturated/α-hetero) is 1. The van der Waals surface area contributed by atoms with E-state index < -0.39 is 0 Å². The molecule has 0 spiro atoms. The van der Waals surface area contributed by atoms with Crippen LogP contribution >= 0.6 is 0 Å². The minimum absolute atomic E-state index is 0.102. The topological polar surface area (TPSA) is 26.3 Å². The average Bonchev–Trinajstić information content (AvgIpc) is 2.67. The molecule has 1 aliphatic rings. The lowest BCUT2D eigenvalue weighted by Gasteiger charge is -2.09. The fourth-order valence-electron chi connectivity index (χ4n) is 3.20. The van der Waals surface area contributed by atoms with Crippen molar-refractivity contribution in [1.82, 2.24) is 0 Å². The molecule has 0 amide bonds. The maximum Gasteiger partial charge on any atom is 0.192 e. The Kier molecular flexibility index (Phi) is 9.23.